The Morgan fingerprint density at radius 3 is 0.812 bits per heavy atom. The first kappa shape index (κ1) is 52.2. The fraction of sp³-hybridized carbons (Fsp3) is 0.375. The van der Waals surface area contributed by atoms with Gasteiger partial charge >= 0.3 is 0 Å². The van der Waals surface area contributed by atoms with Crippen LogP contribution in [0.2, 0.25) is 0 Å². The molecule has 0 saturated carbocycles. The summed E-state index contributed by atoms with van der Waals surface area (Å²) in [7, 11) is 0. The van der Waals surface area contributed by atoms with Crippen molar-refractivity contribution in [3.05, 3.63) is 201 Å². The Morgan fingerprint density at radius 1 is 0.290 bits per heavy atom. The first-order valence-electron chi connectivity index (χ1n) is 26.3. The summed E-state index contributed by atoms with van der Waals surface area (Å²) in [6, 6.07) is 43.5. The zero-order chi connectivity index (χ0) is 48.5. The minimum absolute atomic E-state index is 0.142. The molecule has 5 heteroatoms. The molecular formula is C64H74O5. The Morgan fingerprint density at radius 2 is 0.536 bits per heavy atom. The van der Waals surface area contributed by atoms with Crippen molar-refractivity contribution in [2.45, 2.75) is 155 Å². The van der Waals surface area contributed by atoms with Crippen LogP contribution >= 0.6 is 0 Å². The number of aryl methyl sites for hydroxylation is 2. The fourth-order valence-electron chi connectivity index (χ4n) is 9.47. The van der Waals surface area contributed by atoms with Gasteiger partial charge in [0, 0.05) is 33.4 Å². The van der Waals surface area contributed by atoms with Crippen LogP contribution in [0.15, 0.2) is 146 Å². The van der Waals surface area contributed by atoms with Crippen LogP contribution in [0.1, 0.15) is 217 Å². The molecule has 0 aliphatic heterocycles. The molecule has 0 amide bonds. The molecule has 0 unspecified atom stereocenters. The largest absolute Gasteiger partial charge is 0.456 e. The molecule has 69 heavy (non-hydrogen) atoms. The first-order valence-corrected chi connectivity index (χ1v) is 26.3. The van der Waals surface area contributed by atoms with E-state index in [1.54, 1.807) is 60.7 Å². The fourth-order valence-corrected chi connectivity index (χ4v) is 9.47. The van der Waals surface area contributed by atoms with Gasteiger partial charge in [0.05, 0.1) is 11.1 Å². The van der Waals surface area contributed by atoms with Crippen molar-refractivity contribution in [1.82, 2.24) is 0 Å². The van der Waals surface area contributed by atoms with E-state index in [1.165, 1.54) is 89.9 Å². The lowest BCUT2D eigenvalue weighted by atomic mass is 9.86. The number of hydrogen-bond donors (Lipinski definition) is 0. The predicted octanol–water partition coefficient (Wildman–Crippen LogP) is 17.3. The number of rotatable bonds is 32. The Bertz CT molecular complexity index is 2330. The third kappa shape index (κ3) is 15.4. The van der Waals surface area contributed by atoms with Crippen molar-refractivity contribution in [2.24, 2.45) is 0 Å². The maximum Gasteiger partial charge on any atom is 0.197 e. The van der Waals surface area contributed by atoms with Crippen molar-refractivity contribution in [3.8, 4) is 11.5 Å². The van der Waals surface area contributed by atoms with Gasteiger partial charge in [-0.2, -0.15) is 0 Å². The maximum atomic E-state index is 15.1. The number of carbonyl (C=O) groups is 4. The highest BCUT2D eigenvalue weighted by Crippen LogP contribution is 2.39. The van der Waals surface area contributed by atoms with E-state index in [-0.39, 0.29) is 45.8 Å². The zero-order valence-corrected chi connectivity index (χ0v) is 41.5. The first-order chi connectivity index (χ1) is 33.9. The smallest absolute Gasteiger partial charge is 0.197 e. The summed E-state index contributed by atoms with van der Waals surface area (Å²) >= 11 is 0. The number of hydrogen-bond acceptors (Lipinski definition) is 5. The van der Waals surface area contributed by atoms with Gasteiger partial charge in [-0.3, -0.25) is 19.2 Å². The average molecular weight is 923 g/mol. The third-order valence-electron chi connectivity index (χ3n) is 13.4. The monoisotopic (exact) mass is 923 g/mol. The molecule has 0 atom stereocenters. The molecule has 0 aliphatic carbocycles. The van der Waals surface area contributed by atoms with Gasteiger partial charge in [0.15, 0.2) is 23.1 Å². The molecule has 0 saturated heterocycles. The standard InChI is InChI=1S/C64H74O5/c1-3-5-7-9-11-13-15-17-19-25-35-49-45-47-55(59(63(67)53-41-31-23-32-42-53)57(49)61(65)51-37-27-21-28-38-51)69-56-48-46-50(36-26-20-18-16-14-12-10-8-6-4-2)58(62(66)52-39-29-22-30-40-52)60(56)64(68)54-43-33-24-34-44-54/h21-24,27-34,37-48H,3-20,25-26,35-36H2,1-2H3. The summed E-state index contributed by atoms with van der Waals surface area (Å²) in [6.45, 7) is 4.49. The van der Waals surface area contributed by atoms with Crippen LogP contribution in [0.3, 0.4) is 0 Å². The SMILES string of the molecule is CCCCCCCCCCCCc1ccc(Oc2ccc(CCCCCCCCCCCC)c(C(=O)c3ccccc3)c2C(=O)c2ccccc2)c(C(=O)c2ccccc2)c1C(=O)c1ccccc1. The molecular weight excluding hydrogens is 849 g/mol. The molecule has 5 nitrogen and oxygen atoms in total. The summed E-state index contributed by atoms with van der Waals surface area (Å²) < 4.78 is 6.95. The molecule has 0 N–H and O–H groups in total. The lowest BCUT2D eigenvalue weighted by molar-refractivity contribution is 0.0997. The van der Waals surface area contributed by atoms with Crippen LogP contribution in [0.4, 0.5) is 0 Å². The molecule has 0 aromatic heterocycles. The van der Waals surface area contributed by atoms with Gasteiger partial charge in [-0.05, 0) is 48.9 Å². The highest BCUT2D eigenvalue weighted by molar-refractivity contribution is 6.23. The van der Waals surface area contributed by atoms with Crippen LogP contribution in [-0.4, -0.2) is 23.1 Å². The Balaban J connectivity index is 1.42. The second-order valence-electron chi connectivity index (χ2n) is 18.7. The summed E-state index contributed by atoms with van der Waals surface area (Å²) in [4.78, 5) is 60.1. The minimum Gasteiger partial charge on any atom is -0.456 e. The van der Waals surface area contributed by atoms with E-state index < -0.39 is 0 Å². The predicted molar refractivity (Wildman–Crippen MR) is 284 cm³/mol. The third-order valence-corrected chi connectivity index (χ3v) is 13.4. The van der Waals surface area contributed by atoms with E-state index >= 15 is 9.59 Å². The summed E-state index contributed by atoms with van der Waals surface area (Å²) in [5, 5.41) is 0. The summed E-state index contributed by atoms with van der Waals surface area (Å²) in [6.07, 6.45) is 24.9. The number of ketones is 4. The quantitative estimate of drug-likeness (QED) is 0.0311. The van der Waals surface area contributed by atoms with Gasteiger partial charge in [-0.25, -0.2) is 0 Å². The van der Waals surface area contributed by atoms with Crippen LogP contribution in [-0.2, 0) is 12.8 Å². The average Bonchev–Trinajstić information content (AvgIpc) is 3.40. The van der Waals surface area contributed by atoms with E-state index in [9.17, 15) is 9.59 Å². The van der Waals surface area contributed by atoms with Crippen molar-refractivity contribution >= 4 is 23.1 Å². The zero-order valence-electron chi connectivity index (χ0n) is 41.5. The second-order valence-corrected chi connectivity index (χ2v) is 18.7. The molecule has 6 rings (SSSR count). The van der Waals surface area contributed by atoms with E-state index in [0.29, 0.717) is 46.2 Å². The molecule has 0 spiro atoms. The van der Waals surface area contributed by atoms with Crippen molar-refractivity contribution in [3.63, 3.8) is 0 Å². The van der Waals surface area contributed by atoms with Crippen molar-refractivity contribution in [2.75, 3.05) is 0 Å². The molecule has 0 radical (unpaired) electrons. The van der Waals surface area contributed by atoms with Gasteiger partial charge in [0.2, 0.25) is 0 Å². The molecule has 6 aromatic rings. The van der Waals surface area contributed by atoms with Gasteiger partial charge in [0.1, 0.15) is 11.5 Å². The summed E-state index contributed by atoms with van der Waals surface area (Å²) in [5.74, 6) is -0.951. The topological polar surface area (TPSA) is 77.5 Å². The Labute approximate surface area is 413 Å². The lowest BCUT2D eigenvalue weighted by Gasteiger charge is -2.21. The highest BCUT2D eigenvalue weighted by atomic mass is 16.5. The van der Waals surface area contributed by atoms with E-state index in [2.05, 4.69) is 13.8 Å². The minimum atomic E-state index is -0.357. The molecule has 0 aliphatic rings. The Kier molecular flexibility index (Phi) is 21.9. The van der Waals surface area contributed by atoms with Gasteiger partial charge in [0.25, 0.3) is 0 Å². The maximum absolute atomic E-state index is 15.1. The number of carbonyl (C=O) groups excluding carboxylic acids is 4. The normalized spacial score (nSPS) is 11.1. The van der Waals surface area contributed by atoms with E-state index in [0.717, 1.165) is 49.7 Å². The number of unbranched alkanes of at least 4 members (excludes halogenated alkanes) is 18. The molecule has 0 fully saturated rings. The van der Waals surface area contributed by atoms with E-state index in [1.807, 2.05) is 84.9 Å². The van der Waals surface area contributed by atoms with E-state index in [4.69, 9.17) is 4.74 Å². The van der Waals surface area contributed by atoms with Crippen LogP contribution in [0.5, 0.6) is 11.5 Å². The van der Waals surface area contributed by atoms with Crippen molar-refractivity contribution in [1.29, 1.82) is 0 Å². The molecule has 6 aromatic carbocycles. The summed E-state index contributed by atoms with van der Waals surface area (Å²) in [5.41, 5.74) is 4.20. The highest BCUT2D eigenvalue weighted by Gasteiger charge is 2.31. The molecule has 360 valence electrons. The van der Waals surface area contributed by atoms with Crippen LogP contribution in [0.25, 0.3) is 0 Å². The molecule has 0 bridgehead atoms. The van der Waals surface area contributed by atoms with Crippen molar-refractivity contribution < 1.29 is 23.9 Å². The van der Waals surface area contributed by atoms with Gasteiger partial charge in [-0.1, -0.05) is 263 Å². The Hall–Kier alpha value is -6.20. The van der Waals surface area contributed by atoms with Gasteiger partial charge < -0.3 is 4.74 Å². The van der Waals surface area contributed by atoms with Gasteiger partial charge in [-0.15, -0.1) is 0 Å². The lowest BCUT2D eigenvalue weighted by Crippen LogP contribution is -2.18. The van der Waals surface area contributed by atoms with Crippen LogP contribution < -0.4 is 4.74 Å². The number of ether oxygens (including phenoxy) is 1. The number of benzene rings is 6. The van der Waals surface area contributed by atoms with Crippen LogP contribution in [0, 0.1) is 0 Å². The second kappa shape index (κ2) is 29.0. The molecule has 0 heterocycles.